The number of fused-ring (bicyclic) bond motifs is 13. The van der Waals surface area contributed by atoms with Crippen LogP contribution in [0, 0.1) is 0 Å². The maximum atomic E-state index is 8.94. The highest BCUT2D eigenvalue weighted by Crippen LogP contribution is 2.52. The molecule has 5 heteroatoms. The topological polar surface area (TPSA) is 42.2 Å². The van der Waals surface area contributed by atoms with Gasteiger partial charge in [-0.25, -0.2) is 9.97 Å². The van der Waals surface area contributed by atoms with E-state index in [2.05, 4.69) is 138 Å². The fourth-order valence-electron chi connectivity index (χ4n) is 8.29. The van der Waals surface area contributed by atoms with Crippen LogP contribution in [0.3, 0.4) is 0 Å². The number of para-hydroxylation sites is 2. The van der Waals surface area contributed by atoms with Crippen molar-refractivity contribution in [1.29, 1.82) is 0 Å². The summed E-state index contributed by atoms with van der Waals surface area (Å²) >= 11 is 0. The van der Waals surface area contributed by atoms with E-state index in [9.17, 15) is 0 Å². The molecular weight excluding hydrogens is 621 g/mol. The zero-order chi connectivity index (χ0) is 34.3. The molecule has 0 saturated heterocycles. The minimum absolute atomic E-state index is 0.300. The molecule has 10 aromatic rings. The van der Waals surface area contributed by atoms with Crippen LogP contribution in [0.5, 0.6) is 0 Å². The largest absolute Gasteiger partial charge is 0.454 e. The molecule has 8 aromatic carbocycles. The van der Waals surface area contributed by atoms with Crippen LogP contribution in [0.4, 0.5) is 11.6 Å². The zero-order valence-corrected chi connectivity index (χ0v) is 27.4. The molecule has 0 amide bonds. The molecule has 236 valence electrons. The second kappa shape index (κ2) is 10.9. The number of furan rings is 1. The van der Waals surface area contributed by atoms with Gasteiger partial charge in [0.2, 0.25) is 5.95 Å². The third-order valence-electron chi connectivity index (χ3n) is 10.4. The Labute approximate surface area is 295 Å². The van der Waals surface area contributed by atoms with E-state index < -0.39 is 0 Å². The highest BCUT2D eigenvalue weighted by Gasteiger charge is 2.42. The van der Waals surface area contributed by atoms with Gasteiger partial charge < -0.3 is 9.23 Å². The summed E-state index contributed by atoms with van der Waals surface area (Å²) in [5.74, 6) is 0.578. The molecule has 1 aliphatic heterocycles. The number of anilines is 2. The molecular formula is C46H28BN3O. The molecule has 2 aromatic heterocycles. The normalized spacial score (nSPS) is 12.9. The predicted octanol–water partition coefficient (Wildman–Crippen LogP) is 10.4. The first-order chi connectivity index (χ1) is 25.7. The van der Waals surface area contributed by atoms with E-state index >= 15 is 0 Å². The number of hydrogen-bond acceptors (Lipinski definition) is 4. The maximum Gasteiger partial charge on any atom is 0.332 e. The molecule has 0 fully saturated rings. The molecule has 4 nitrogen and oxygen atoms in total. The average molecular weight is 651 g/mol. The van der Waals surface area contributed by atoms with Gasteiger partial charge in [0.15, 0.2) is 5.58 Å². The van der Waals surface area contributed by atoms with Crippen molar-refractivity contribution in [3.8, 4) is 22.4 Å². The highest BCUT2D eigenvalue weighted by molar-refractivity contribution is 6.91. The van der Waals surface area contributed by atoms with Crippen LogP contribution in [-0.4, -0.2) is 16.8 Å². The smallest absolute Gasteiger partial charge is 0.332 e. The summed E-state index contributed by atoms with van der Waals surface area (Å²) in [4.78, 5) is 13.2. The summed E-state index contributed by atoms with van der Waals surface area (Å²) in [6, 6.07) is 57.2. The fraction of sp³-hybridized carbons (Fsp3) is 0. The number of aromatic nitrogens is 2. The lowest BCUT2D eigenvalue weighted by Crippen LogP contribution is -2.58. The summed E-state index contributed by atoms with van der Waals surface area (Å²) in [6.45, 7) is -0.300. The monoisotopic (exact) mass is 650 g/mol. The van der Waals surface area contributed by atoms with Crippen LogP contribution in [0.1, 0.15) is 1.37 Å². The Hall–Kier alpha value is -6.72. The van der Waals surface area contributed by atoms with Gasteiger partial charge in [0.25, 0.3) is 0 Å². The van der Waals surface area contributed by atoms with Crippen LogP contribution in [-0.2, 0) is 0 Å². The van der Waals surface area contributed by atoms with Crippen molar-refractivity contribution in [1.82, 2.24) is 9.97 Å². The lowest BCUT2D eigenvalue weighted by molar-refractivity contribution is 0.669. The number of benzene rings is 8. The Morgan fingerprint density at radius 2 is 1.22 bits per heavy atom. The third kappa shape index (κ3) is 4.09. The molecule has 3 heterocycles. The lowest BCUT2D eigenvalue weighted by atomic mass is 9.45. The quantitative estimate of drug-likeness (QED) is 0.179. The Kier molecular flexibility index (Phi) is 5.80. The van der Waals surface area contributed by atoms with Gasteiger partial charge >= 0.3 is 6.85 Å². The van der Waals surface area contributed by atoms with Gasteiger partial charge in [0, 0.05) is 27.3 Å². The zero-order valence-electron chi connectivity index (χ0n) is 28.4. The fourth-order valence-corrected chi connectivity index (χ4v) is 8.29. The summed E-state index contributed by atoms with van der Waals surface area (Å²) in [5, 5.41) is 7.44. The van der Waals surface area contributed by atoms with E-state index in [0.717, 1.165) is 71.5 Å². The molecule has 0 saturated carbocycles. The molecule has 0 unspecified atom stereocenters. The van der Waals surface area contributed by atoms with Crippen molar-refractivity contribution in [3.05, 3.63) is 170 Å². The molecule has 0 N–H and O–H groups in total. The van der Waals surface area contributed by atoms with E-state index in [1.807, 2.05) is 24.3 Å². The number of hydrogen-bond donors (Lipinski definition) is 0. The SMILES string of the molecule is [2H]c1cccc2c1oc1c3c(c4ccccc4c12)-c1c(ccc2ccccc12)B(c1ccccc1)N3c1nc(-c2ccccc2)c2ccccc2n1. The molecule has 0 bridgehead atoms. The van der Waals surface area contributed by atoms with E-state index in [1.165, 1.54) is 16.3 Å². The van der Waals surface area contributed by atoms with E-state index in [0.29, 0.717) is 17.6 Å². The van der Waals surface area contributed by atoms with Gasteiger partial charge in [0.1, 0.15) is 5.58 Å². The summed E-state index contributed by atoms with van der Waals surface area (Å²) in [7, 11) is 0. The molecule has 1 aliphatic rings. The molecule has 0 spiro atoms. The predicted molar refractivity (Wildman–Crippen MR) is 213 cm³/mol. The van der Waals surface area contributed by atoms with E-state index in [1.54, 1.807) is 6.07 Å². The van der Waals surface area contributed by atoms with E-state index in [-0.39, 0.29) is 6.85 Å². The van der Waals surface area contributed by atoms with Crippen LogP contribution >= 0.6 is 0 Å². The third-order valence-corrected chi connectivity index (χ3v) is 10.4. The Morgan fingerprint density at radius 1 is 0.549 bits per heavy atom. The van der Waals surface area contributed by atoms with Crippen LogP contribution < -0.4 is 15.7 Å². The van der Waals surface area contributed by atoms with Gasteiger partial charge in [0.05, 0.1) is 18.3 Å². The number of rotatable bonds is 3. The van der Waals surface area contributed by atoms with Crippen molar-refractivity contribution in [2.45, 2.75) is 0 Å². The Morgan fingerprint density at radius 3 is 2.06 bits per heavy atom. The van der Waals surface area contributed by atoms with Crippen LogP contribution in [0.25, 0.3) is 76.8 Å². The molecule has 11 rings (SSSR count). The van der Waals surface area contributed by atoms with Crippen molar-refractivity contribution >= 4 is 83.8 Å². The van der Waals surface area contributed by atoms with Crippen LogP contribution in [0.2, 0.25) is 0 Å². The van der Waals surface area contributed by atoms with Crippen molar-refractivity contribution < 1.29 is 5.79 Å². The minimum Gasteiger partial charge on any atom is -0.454 e. The molecule has 51 heavy (non-hydrogen) atoms. The van der Waals surface area contributed by atoms with Crippen LogP contribution in [0.15, 0.2) is 174 Å². The van der Waals surface area contributed by atoms with Gasteiger partial charge in [-0.3, -0.25) is 0 Å². The van der Waals surface area contributed by atoms with Crippen molar-refractivity contribution in [2.75, 3.05) is 4.81 Å². The summed E-state index contributed by atoms with van der Waals surface area (Å²) < 4.78 is 15.9. The minimum atomic E-state index is -0.300. The average Bonchev–Trinajstić information content (AvgIpc) is 3.61. The summed E-state index contributed by atoms with van der Waals surface area (Å²) in [5.41, 5.74) is 9.47. The lowest BCUT2D eigenvalue weighted by Gasteiger charge is -2.38. The van der Waals surface area contributed by atoms with Gasteiger partial charge in [-0.15, -0.1) is 0 Å². The van der Waals surface area contributed by atoms with Crippen molar-refractivity contribution in [3.63, 3.8) is 0 Å². The Bertz CT molecular complexity index is 3050. The highest BCUT2D eigenvalue weighted by atomic mass is 16.3. The first kappa shape index (κ1) is 27.1. The first-order valence-electron chi connectivity index (χ1n) is 17.8. The molecule has 0 atom stereocenters. The number of nitrogens with zero attached hydrogens (tertiary/aromatic N) is 3. The summed E-state index contributed by atoms with van der Waals surface area (Å²) in [6.07, 6.45) is 0. The standard InChI is InChI=1S/C46H28BN3O/c1-3-16-30(17-4-1)43-35-23-11-13-25-38(35)48-46(49-43)50-44-42(34-22-10-9-21-33(34)40-36-24-12-14-26-39(36)51-45(40)44)41-32-20-8-7-15-29(32)27-28-37(41)47(50)31-18-5-2-6-19-31/h1-28H/i26D. The second-order valence-corrected chi connectivity index (χ2v) is 13.2. The maximum absolute atomic E-state index is 8.94. The van der Waals surface area contributed by atoms with Gasteiger partial charge in [-0.2, -0.15) is 0 Å². The van der Waals surface area contributed by atoms with E-state index in [4.69, 9.17) is 15.8 Å². The first-order valence-corrected chi connectivity index (χ1v) is 17.3. The Balaban J connectivity index is 1.38. The molecule has 0 aliphatic carbocycles. The second-order valence-electron chi connectivity index (χ2n) is 13.2. The molecule has 0 radical (unpaired) electrons. The van der Waals surface area contributed by atoms with Gasteiger partial charge in [-0.1, -0.05) is 163 Å². The van der Waals surface area contributed by atoms with Gasteiger partial charge in [-0.05, 0) is 44.7 Å². The van der Waals surface area contributed by atoms with Crippen molar-refractivity contribution in [2.24, 2.45) is 0 Å².